The molecule has 2 heterocycles. The Morgan fingerprint density at radius 3 is 2.71 bits per heavy atom. The Morgan fingerprint density at radius 1 is 1.25 bits per heavy atom. The quantitative estimate of drug-likeness (QED) is 0.364. The number of aliphatic imine (C=N–C) groups is 1. The van der Waals surface area contributed by atoms with Crippen molar-refractivity contribution in [3.63, 3.8) is 0 Å². The molecule has 1 aliphatic rings. The average molecular weight is 373 g/mol. The molecule has 28 heavy (non-hydrogen) atoms. The van der Waals surface area contributed by atoms with E-state index in [2.05, 4.69) is 51.3 Å². The molecule has 0 unspecified atom stereocenters. The summed E-state index contributed by atoms with van der Waals surface area (Å²) in [7, 11) is 2.06. The van der Waals surface area contributed by atoms with Gasteiger partial charge in [-0.3, -0.25) is 10.4 Å². The van der Waals surface area contributed by atoms with Crippen LogP contribution in [0, 0.1) is 5.41 Å². The third-order valence-corrected chi connectivity index (χ3v) is 4.84. The highest BCUT2D eigenvalue weighted by Gasteiger charge is 2.16. The Balaban J connectivity index is 1.78. The number of guanidine groups is 1. The minimum absolute atomic E-state index is 0.117. The number of hydrogen-bond acceptors (Lipinski definition) is 4. The second-order valence-electron chi connectivity index (χ2n) is 6.65. The summed E-state index contributed by atoms with van der Waals surface area (Å²) in [6.07, 6.45) is 1.79. The zero-order valence-electron chi connectivity index (χ0n) is 15.8. The first-order chi connectivity index (χ1) is 13.6. The highest BCUT2D eigenvalue weighted by atomic mass is 15.5. The van der Waals surface area contributed by atoms with Gasteiger partial charge < -0.3 is 15.6 Å². The van der Waals surface area contributed by atoms with Gasteiger partial charge >= 0.3 is 0 Å². The number of nitrogens with one attached hydrogen (secondary N) is 2. The number of nitrogens with two attached hydrogens (primary N) is 1. The molecule has 1 aliphatic heterocycles. The molecular weight excluding hydrogens is 350 g/mol. The first-order valence-electron chi connectivity index (χ1n) is 9.20. The number of aromatic nitrogens is 1. The summed E-state index contributed by atoms with van der Waals surface area (Å²) >= 11 is 0. The van der Waals surface area contributed by atoms with Gasteiger partial charge in [0.05, 0.1) is 18.5 Å². The summed E-state index contributed by atoms with van der Waals surface area (Å²) < 4.78 is 2.17. The largest absolute Gasteiger partial charge is 0.370 e. The van der Waals surface area contributed by atoms with Crippen LogP contribution in [0.2, 0.25) is 0 Å². The van der Waals surface area contributed by atoms with Crippen molar-refractivity contribution in [2.75, 3.05) is 19.6 Å². The fraction of sp³-hybridized carbons (Fsp3) is 0.190. The van der Waals surface area contributed by atoms with Gasteiger partial charge in [0.25, 0.3) is 0 Å². The summed E-state index contributed by atoms with van der Waals surface area (Å²) in [5.74, 6) is 0.683. The van der Waals surface area contributed by atoms with E-state index in [0.29, 0.717) is 6.54 Å². The maximum atomic E-state index is 7.87. The molecule has 7 nitrogen and oxygen atoms in total. The van der Waals surface area contributed by atoms with Crippen molar-refractivity contribution in [1.29, 1.82) is 5.41 Å². The summed E-state index contributed by atoms with van der Waals surface area (Å²) in [6, 6.07) is 18.5. The van der Waals surface area contributed by atoms with Crippen LogP contribution in [0.15, 0.2) is 64.7 Å². The van der Waals surface area contributed by atoms with Crippen LogP contribution in [0.25, 0.3) is 22.2 Å². The number of fused-ring (bicyclic) bond motifs is 1. The van der Waals surface area contributed by atoms with E-state index >= 15 is 0 Å². The fourth-order valence-corrected chi connectivity index (χ4v) is 3.51. The second kappa shape index (κ2) is 7.56. The van der Waals surface area contributed by atoms with Gasteiger partial charge in [0, 0.05) is 30.1 Å². The third kappa shape index (κ3) is 3.34. The molecule has 2 aromatic carbocycles. The molecule has 0 spiro atoms. The van der Waals surface area contributed by atoms with Gasteiger partial charge in [0.15, 0.2) is 0 Å². The maximum absolute atomic E-state index is 7.87. The van der Waals surface area contributed by atoms with E-state index in [-0.39, 0.29) is 5.96 Å². The second-order valence-corrected chi connectivity index (χ2v) is 6.65. The smallest absolute Gasteiger partial charge is 0.209 e. The molecule has 0 saturated carbocycles. The summed E-state index contributed by atoms with van der Waals surface area (Å²) in [4.78, 5) is 4.37. The molecule has 0 bridgehead atoms. The third-order valence-electron chi connectivity index (χ3n) is 4.84. The van der Waals surface area contributed by atoms with Gasteiger partial charge in [0.2, 0.25) is 5.96 Å². The van der Waals surface area contributed by atoms with Crippen molar-refractivity contribution >= 4 is 28.9 Å². The molecule has 0 amide bonds. The Kier molecular flexibility index (Phi) is 4.80. The maximum Gasteiger partial charge on any atom is 0.209 e. The Morgan fingerprint density at radius 2 is 2.00 bits per heavy atom. The van der Waals surface area contributed by atoms with Crippen molar-refractivity contribution in [2.24, 2.45) is 22.9 Å². The van der Waals surface area contributed by atoms with Crippen LogP contribution in [-0.2, 0) is 7.05 Å². The number of rotatable bonds is 5. The lowest BCUT2D eigenvalue weighted by Crippen LogP contribution is -2.39. The molecule has 0 saturated heterocycles. The first-order valence-corrected chi connectivity index (χ1v) is 9.20. The van der Waals surface area contributed by atoms with E-state index in [1.807, 2.05) is 30.3 Å². The highest BCUT2D eigenvalue weighted by Crippen LogP contribution is 2.31. The zero-order valence-corrected chi connectivity index (χ0v) is 15.8. The van der Waals surface area contributed by atoms with Crippen molar-refractivity contribution in [2.45, 2.75) is 0 Å². The van der Waals surface area contributed by atoms with E-state index in [9.17, 15) is 0 Å². The average Bonchev–Trinajstić information content (AvgIpc) is 3.32. The van der Waals surface area contributed by atoms with Crippen molar-refractivity contribution in [1.82, 2.24) is 14.9 Å². The highest BCUT2D eigenvalue weighted by molar-refractivity contribution is 6.06. The lowest BCUT2D eigenvalue weighted by Gasteiger charge is -2.16. The molecule has 0 aliphatic carbocycles. The zero-order chi connectivity index (χ0) is 19.5. The first kappa shape index (κ1) is 17.8. The molecule has 0 radical (unpaired) electrons. The van der Waals surface area contributed by atoms with E-state index < -0.39 is 0 Å². The topological polar surface area (TPSA) is 94.8 Å². The molecule has 1 aromatic heterocycles. The van der Waals surface area contributed by atoms with Gasteiger partial charge in [-0.2, -0.15) is 5.10 Å². The molecule has 3 aromatic rings. The van der Waals surface area contributed by atoms with Crippen molar-refractivity contribution < 1.29 is 0 Å². The predicted octanol–water partition coefficient (Wildman–Crippen LogP) is 2.38. The van der Waals surface area contributed by atoms with Crippen LogP contribution in [0.5, 0.6) is 0 Å². The molecule has 4 N–H and O–H groups in total. The molecule has 0 atom stereocenters. The van der Waals surface area contributed by atoms with E-state index in [1.54, 1.807) is 6.21 Å². The molecular formula is C21H23N7. The van der Waals surface area contributed by atoms with Crippen LogP contribution in [0.3, 0.4) is 0 Å². The van der Waals surface area contributed by atoms with E-state index in [4.69, 9.17) is 11.1 Å². The van der Waals surface area contributed by atoms with Crippen LogP contribution in [0.4, 0.5) is 0 Å². The van der Waals surface area contributed by atoms with Crippen molar-refractivity contribution in [3.8, 4) is 11.3 Å². The van der Waals surface area contributed by atoms with Crippen LogP contribution in [-0.4, -0.2) is 47.2 Å². The lowest BCUT2D eigenvalue weighted by molar-refractivity contribution is 0.497. The van der Waals surface area contributed by atoms with Gasteiger partial charge in [-0.15, -0.1) is 0 Å². The van der Waals surface area contributed by atoms with E-state index in [0.717, 1.165) is 46.6 Å². The summed E-state index contributed by atoms with van der Waals surface area (Å²) in [5, 5.41) is 18.1. The minimum atomic E-state index is -0.117. The van der Waals surface area contributed by atoms with Gasteiger partial charge in [0.1, 0.15) is 12.4 Å². The molecule has 142 valence electrons. The molecule has 7 heteroatoms. The Hall–Kier alpha value is -3.61. The van der Waals surface area contributed by atoms with Crippen LogP contribution < -0.4 is 11.1 Å². The Labute approximate surface area is 163 Å². The predicted molar refractivity (Wildman–Crippen MR) is 115 cm³/mol. The number of amidine groups is 1. The number of aryl methyl sites for hydroxylation is 1. The van der Waals surface area contributed by atoms with Crippen LogP contribution in [0.1, 0.15) is 5.56 Å². The lowest BCUT2D eigenvalue weighted by atomic mass is 10.1. The van der Waals surface area contributed by atoms with Gasteiger partial charge in [-0.1, -0.05) is 48.5 Å². The van der Waals surface area contributed by atoms with Gasteiger partial charge in [-0.05, 0) is 11.6 Å². The van der Waals surface area contributed by atoms with Gasteiger partial charge in [-0.25, -0.2) is 5.01 Å². The molecule has 0 fully saturated rings. The van der Waals surface area contributed by atoms with E-state index in [1.165, 1.54) is 5.01 Å². The monoisotopic (exact) mass is 373 g/mol. The number of hydrazone groups is 1. The van der Waals surface area contributed by atoms with Crippen molar-refractivity contribution in [3.05, 3.63) is 60.2 Å². The standard InChI is InChI=1S/C21H23N7/c1-27-18-10-6-5-9-16(18)17(20(27)15-7-3-2-4-8-15)13-26-28(21(22)23)14-19-24-11-12-25-19/h2-10,13H,11-12,14H2,1H3,(H3,22,23)(H,24,25)/b26-13+. The summed E-state index contributed by atoms with van der Waals surface area (Å²) in [6.45, 7) is 1.91. The molecule has 4 rings (SSSR count). The number of nitrogens with zero attached hydrogens (tertiary/aromatic N) is 4. The fourth-order valence-electron chi connectivity index (χ4n) is 3.51. The number of benzene rings is 2. The SMILES string of the molecule is Cn1c(-c2ccccc2)c(/C=N/N(CC2=NCCN2)C(=N)N)c2ccccc21. The Bertz CT molecular complexity index is 1060. The minimum Gasteiger partial charge on any atom is -0.370 e. The van der Waals surface area contributed by atoms with Crippen LogP contribution >= 0.6 is 0 Å². The number of para-hydroxylation sites is 1. The number of hydrogen-bond donors (Lipinski definition) is 3. The summed E-state index contributed by atoms with van der Waals surface area (Å²) in [5.41, 5.74) is 10.1. The normalized spacial score (nSPS) is 13.7.